The Balaban J connectivity index is 4.05. The van der Waals surface area contributed by atoms with Gasteiger partial charge in [0.1, 0.15) is 6.61 Å². The summed E-state index contributed by atoms with van der Waals surface area (Å²) in [6.07, 6.45) is 121. The van der Waals surface area contributed by atoms with Gasteiger partial charge in [-0.3, -0.25) is 18.6 Å². The highest BCUT2D eigenvalue weighted by molar-refractivity contribution is 7.47. The molecule has 0 rings (SSSR count). The molecule has 0 spiro atoms. The van der Waals surface area contributed by atoms with E-state index in [2.05, 4.69) is 245 Å². The minimum atomic E-state index is -4.43. The largest absolute Gasteiger partial charge is 0.472 e. The molecule has 0 aliphatic heterocycles. The van der Waals surface area contributed by atoms with E-state index in [-0.39, 0.29) is 32.6 Å². The Morgan fingerprint density at radius 2 is 0.547 bits per heavy atom. The van der Waals surface area contributed by atoms with Gasteiger partial charge < -0.3 is 20.1 Å². The van der Waals surface area contributed by atoms with Crippen LogP contribution in [0.3, 0.4) is 0 Å². The van der Waals surface area contributed by atoms with Crippen LogP contribution in [0.4, 0.5) is 0 Å². The molecule has 2 unspecified atom stereocenters. The van der Waals surface area contributed by atoms with E-state index >= 15 is 0 Å². The summed E-state index contributed by atoms with van der Waals surface area (Å²) in [5, 5.41) is 0. The van der Waals surface area contributed by atoms with E-state index in [1.165, 1.54) is 64.2 Å². The molecule has 0 aliphatic rings. The predicted octanol–water partition coefficient (Wildman–Crippen LogP) is 25.0. The number of esters is 2. The second-order valence-electron chi connectivity index (χ2n) is 23.3. The molecule has 0 fully saturated rings. The van der Waals surface area contributed by atoms with E-state index in [0.29, 0.717) is 12.8 Å². The van der Waals surface area contributed by atoms with Crippen LogP contribution >= 0.6 is 7.82 Å². The molecule has 2 atom stereocenters. The van der Waals surface area contributed by atoms with Crippen LogP contribution in [-0.4, -0.2) is 49.3 Å². The fourth-order valence-corrected chi connectivity index (χ4v) is 9.95. The lowest BCUT2D eigenvalue weighted by Crippen LogP contribution is -2.29. The lowest BCUT2D eigenvalue weighted by molar-refractivity contribution is -0.161. The Morgan fingerprint density at radius 3 is 0.832 bits per heavy atom. The summed E-state index contributed by atoms with van der Waals surface area (Å²) in [4.78, 5) is 35.4. The maximum atomic E-state index is 12.8. The molecule has 9 nitrogen and oxygen atoms in total. The topological polar surface area (TPSA) is 134 Å². The number of hydrogen-bond acceptors (Lipinski definition) is 8. The fourth-order valence-electron chi connectivity index (χ4n) is 9.19. The van der Waals surface area contributed by atoms with Crippen LogP contribution in [0.2, 0.25) is 0 Å². The summed E-state index contributed by atoms with van der Waals surface area (Å²) in [7, 11) is -4.43. The predicted molar refractivity (Wildman–Crippen MR) is 412 cm³/mol. The van der Waals surface area contributed by atoms with E-state index in [1.54, 1.807) is 0 Å². The van der Waals surface area contributed by atoms with Crippen molar-refractivity contribution in [1.29, 1.82) is 0 Å². The van der Waals surface area contributed by atoms with Crippen LogP contribution in [0.5, 0.6) is 0 Å². The van der Waals surface area contributed by atoms with Gasteiger partial charge in [-0.05, 0) is 161 Å². The number of unbranched alkanes of at least 4 members (excludes halogenated alkanes) is 15. The van der Waals surface area contributed by atoms with Gasteiger partial charge in [-0.15, -0.1) is 0 Å². The summed E-state index contributed by atoms with van der Waals surface area (Å²) in [5.74, 6) is -0.895. The highest BCUT2D eigenvalue weighted by atomic mass is 31.2. The van der Waals surface area contributed by atoms with Crippen molar-refractivity contribution in [3.05, 3.63) is 231 Å². The van der Waals surface area contributed by atoms with Gasteiger partial charge in [-0.2, -0.15) is 0 Å². The maximum Gasteiger partial charge on any atom is 0.472 e. The zero-order valence-electron chi connectivity index (χ0n) is 59.5. The summed E-state index contributed by atoms with van der Waals surface area (Å²) in [5.41, 5.74) is 5.40. The molecule has 95 heavy (non-hydrogen) atoms. The second kappa shape index (κ2) is 77.1. The van der Waals surface area contributed by atoms with Crippen LogP contribution in [-0.2, 0) is 32.7 Å². The fraction of sp³-hybridized carbons (Fsp3) is 0.529. The Morgan fingerprint density at radius 1 is 0.316 bits per heavy atom. The van der Waals surface area contributed by atoms with E-state index in [1.807, 2.05) is 0 Å². The number of ether oxygens (including phenoxy) is 2. The molecule has 530 valence electrons. The van der Waals surface area contributed by atoms with Gasteiger partial charge in [0.2, 0.25) is 0 Å². The first-order valence-corrected chi connectivity index (χ1v) is 38.4. The van der Waals surface area contributed by atoms with Crippen molar-refractivity contribution < 1.29 is 37.6 Å². The molecule has 0 saturated carbocycles. The molecule has 0 amide bonds. The zero-order valence-corrected chi connectivity index (χ0v) is 60.4. The molecule has 0 aromatic heterocycles. The van der Waals surface area contributed by atoms with Crippen LogP contribution < -0.4 is 5.73 Å². The third-order valence-corrected chi connectivity index (χ3v) is 15.5. The molecular weight excluding hydrogens is 1190 g/mol. The van der Waals surface area contributed by atoms with Crippen LogP contribution in [0.1, 0.15) is 258 Å². The number of carbonyl (C=O) groups is 2. The van der Waals surface area contributed by atoms with E-state index < -0.39 is 32.5 Å². The van der Waals surface area contributed by atoms with Crippen molar-refractivity contribution in [2.75, 3.05) is 26.4 Å². The van der Waals surface area contributed by atoms with Crippen molar-refractivity contribution in [3.8, 4) is 0 Å². The number of nitrogens with two attached hydrogens (primary N) is 1. The number of phosphoric acid groups is 1. The lowest BCUT2D eigenvalue weighted by Gasteiger charge is -2.19. The first-order chi connectivity index (χ1) is 46.8. The monoisotopic (exact) mass is 1330 g/mol. The molecule has 0 radical (unpaired) electrons. The third-order valence-electron chi connectivity index (χ3n) is 14.5. The van der Waals surface area contributed by atoms with Crippen molar-refractivity contribution >= 4 is 19.8 Å². The Hall–Kier alpha value is -5.93. The van der Waals surface area contributed by atoms with Gasteiger partial charge in [0.15, 0.2) is 6.10 Å². The number of carbonyl (C=O) groups excluding carboxylic acids is 2. The highest BCUT2D eigenvalue weighted by Gasteiger charge is 2.26. The SMILES string of the molecule is CC/C=C\C/C=C\C/C=C\C/C=C\C/C=C\C/C=C\C/C=C\C/C=C\C/C=C\C/C=C\C/C=C\C/C=C\CCCCC(=O)OC(COC(=O)CCCCCCCCCCCCCCC/C=C\C/C=C\C/C=C\C/C=C\C/C=C\C/C=C\C/C=C\CC)COP(=O)(O)OCCN. The molecule has 0 aromatic carbocycles. The van der Waals surface area contributed by atoms with Crippen molar-refractivity contribution in [1.82, 2.24) is 0 Å². The number of rotatable bonds is 66. The molecule has 0 aliphatic carbocycles. The second-order valence-corrected chi connectivity index (χ2v) is 24.8. The zero-order chi connectivity index (χ0) is 68.6. The molecule has 0 bridgehead atoms. The number of allylic oxidation sites excluding steroid dienone is 38. The Bertz CT molecular complexity index is 2410. The number of hydrogen-bond donors (Lipinski definition) is 2. The normalized spacial score (nSPS) is 14.3. The lowest BCUT2D eigenvalue weighted by atomic mass is 10.0. The molecule has 0 aromatic rings. The smallest absolute Gasteiger partial charge is 0.462 e. The Kier molecular flexibility index (Phi) is 72.3. The van der Waals surface area contributed by atoms with Crippen LogP contribution in [0.15, 0.2) is 231 Å². The van der Waals surface area contributed by atoms with Crippen molar-refractivity contribution in [3.63, 3.8) is 0 Å². The van der Waals surface area contributed by atoms with E-state index in [0.717, 1.165) is 154 Å². The summed E-state index contributed by atoms with van der Waals surface area (Å²) in [6, 6.07) is 0. The highest BCUT2D eigenvalue weighted by Crippen LogP contribution is 2.43. The average molecular weight is 1330 g/mol. The van der Waals surface area contributed by atoms with Gasteiger partial charge in [-0.1, -0.05) is 315 Å². The first kappa shape index (κ1) is 89.1. The quantitative estimate of drug-likeness (QED) is 0.0264. The number of phosphoric ester groups is 1. The summed E-state index contributed by atoms with van der Waals surface area (Å²) < 4.78 is 33.1. The van der Waals surface area contributed by atoms with Gasteiger partial charge >= 0.3 is 19.8 Å². The molecule has 3 N–H and O–H groups in total. The minimum absolute atomic E-state index is 0.0342. The third kappa shape index (κ3) is 77.0. The molecule has 0 heterocycles. The van der Waals surface area contributed by atoms with Crippen molar-refractivity contribution in [2.45, 2.75) is 264 Å². The molecular formula is C85H132NO8P. The van der Waals surface area contributed by atoms with Crippen LogP contribution in [0, 0.1) is 0 Å². The van der Waals surface area contributed by atoms with E-state index in [4.69, 9.17) is 24.3 Å². The van der Waals surface area contributed by atoms with Crippen LogP contribution in [0.25, 0.3) is 0 Å². The van der Waals surface area contributed by atoms with Gasteiger partial charge in [0.05, 0.1) is 13.2 Å². The molecule has 0 saturated heterocycles. The van der Waals surface area contributed by atoms with Gasteiger partial charge in [0, 0.05) is 19.4 Å². The van der Waals surface area contributed by atoms with Gasteiger partial charge in [-0.25, -0.2) is 4.57 Å². The molecule has 10 heteroatoms. The summed E-state index contributed by atoms with van der Waals surface area (Å²) >= 11 is 0. The van der Waals surface area contributed by atoms with Gasteiger partial charge in [0.25, 0.3) is 0 Å². The maximum absolute atomic E-state index is 12.8. The Labute approximate surface area is 581 Å². The van der Waals surface area contributed by atoms with E-state index in [9.17, 15) is 19.0 Å². The first-order valence-electron chi connectivity index (χ1n) is 36.9. The summed E-state index contributed by atoms with van der Waals surface area (Å²) in [6.45, 7) is 3.44. The van der Waals surface area contributed by atoms with Crippen molar-refractivity contribution in [2.24, 2.45) is 5.73 Å². The average Bonchev–Trinajstić information content (AvgIpc) is 3.16. The minimum Gasteiger partial charge on any atom is -0.462 e. The standard InChI is InChI=1S/C85H132NO8P/c1-3-5-7-9-11-13-15-17-19-21-23-25-27-29-31-33-35-37-39-40-41-42-44-46-48-50-52-54-56-58-60-62-64-66-68-70-72-74-76-78-85(88)94-83(82-93-95(89,90)92-80-79-86)81-91-84(87)77-75-73-71-69-67-65-63-61-59-57-55-53-51-49-47-45-43-38-36-34-32-30-28-26-24-22-20-18-16-14-12-10-8-6-4-2/h5-8,11-14,17-20,23-26,29-32,35-38,40-41,44-47,50,52,56,58,62,64,68,70,83H,3-4,9-10,15-16,21-22,27-28,33-34,39,42-43,48-49,51,53-55,57,59-61,63,65-67,69,71-82,86H2,1-2H3,(H,89,90)/b7-5-,8-6-,13-11-,14-12-,19-17-,20-18-,25-23-,26-24-,31-29-,32-30-,37-35-,38-36-,41-40-,46-44-,47-45-,52-50-,58-56-,64-62-,70-68-.